The Morgan fingerprint density at radius 1 is 1.42 bits per heavy atom. The SMILES string of the molecule is CCOC1CN(Cc2ccoc2)Cc2ccnn2C1. The highest BCUT2D eigenvalue weighted by Gasteiger charge is 2.22. The predicted molar refractivity (Wildman–Crippen MR) is 70.5 cm³/mol. The van der Waals surface area contributed by atoms with E-state index in [0.29, 0.717) is 0 Å². The van der Waals surface area contributed by atoms with E-state index in [1.165, 1.54) is 11.3 Å². The Labute approximate surface area is 112 Å². The Kier molecular flexibility index (Phi) is 3.66. The van der Waals surface area contributed by atoms with Gasteiger partial charge in [-0.1, -0.05) is 0 Å². The summed E-state index contributed by atoms with van der Waals surface area (Å²) in [5.41, 5.74) is 2.44. The van der Waals surface area contributed by atoms with Crippen LogP contribution < -0.4 is 0 Å². The Morgan fingerprint density at radius 3 is 3.16 bits per heavy atom. The summed E-state index contributed by atoms with van der Waals surface area (Å²) in [5, 5.41) is 4.37. The Morgan fingerprint density at radius 2 is 2.37 bits per heavy atom. The van der Waals surface area contributed by atoms with Gasteiger partial charge in [-0.15, -0.1) is 0 Å². The summed E-state index contributed by atoms with van der Waals surface area (Å²) >= 11 is 0. The lowest BCUT2D eigenvalue weighted by atomic mass is 10.2. The van der Waals surface area contributed by atoms with Gasteiger partial charge in [-0.3, -0.25) is 9.58 Å². The number of hydrogen-bond donors (Lipinski definition) is 0. The van der Waals surface area contributed by atoms with Gasteiger partial charge in [0.1, 0.15) is 0 Å². The minimum Gasteiger partial charge on any atom is -0.472 e. The lowest BCUT2D eigenvalue weighted by Crippen LogP contribution is -2.32. The summed E-state index contributed by atoms with van der Waals surface area (Å²) in [6, 6.07) is 4.09. The van der Waals surface area contributed by atoms with E-state index >= 15 is 0 Å². The zero-order valence-corrected chi connectivity index (χ0v) is 11.2. The second-order valence-electron chi connectivity index (χ2n) is 4.88. The van der Waals surface area contributed by atoms with Gasteiger partial charge in [0.2, 0.25) is 0 Å². The van der Waals surface area contributed by atoms with Gasteiger partial charge in [-0.25, -0.2) is 0 Å². The summed E-state index contributed by atoms with van der Waals surface area (Å²) < 4.78 is 13.0. The summed E-state index contributed by atoms with van der Waals surface area (Å²) in [7, 11) is 0. The summed E-state index contributed by atoms with van der Waals surface area (Å²) in [5.74, 6) is 0. The van der Waals surface area contributed by atoms with Gasteiger partial charge >= 0.3 is 0 Å². The molecule has 0 saturated heterocycles. The maximum absolute atomic E-state index is 5.81. The van der Waals surface area contributed by atoms with Crippen LogP contribution in [0, 0.1) is 0 Å². The number of nitrogens with zero attached hydrogens (tertiary/aromatic N) is 3. The van der Waals surface area contributed by atoms with Crippen molar-refractivity contribution >= 4 is 0 Å². The average molecular weight is 261 g/mol. The van der Waals surface area contributed by atoms with E-state index in [1.54, 1.807) is 12.5 Å². The van der Waals surface area contributed by atoms with Crippen molar-refractivity contribution in [1.29, 1.82) is 0 Å². The first kappa shape index (κ1) is 12.4. The Balaban J connectivity index is 1.76. The van der Waals surface area contributed by atoms with E-state index < -0.39 is 0 Å². The summed E-state index contributed by atoms with van der Waals surface area (Å²) in [4.78, 5) is 2.38. The first-order valence-electron chi connectivity index (χ1n) is 6.71. The minimum absolute atomic E-state index is 0.193. The molecule has 19 heavy (non-hydrogen) atoms. The predicted octanol–water partition coefficient (Wildman–Crippen LogP) is 1.90. The first-order chi connectivity index (χ1) is 9.35. The topological polar surface area (TPSA) is 43.4 Å². The quantitative estimate of drug-likeness (QED) is 0.843. The normalized spacial score (nSPS) is 20.2. The molecule has 0 fully saturated rings. The van der Waals surface area contributed by atoms with E-state index in [-0.39, 0.29) is 6.10 Å². The highest BCUT2D eigenvalue weighted by Crippen LogP contribution is 2.16. The van der Waals surface area contributed by atoms with Crippen LogP contribution in [0.5, 0.6) is 0 Å². The van der Waals surface area contributed by atoms with Crippen LogP contribution in [-0.4, -0.2) is 33.9 Å². The van der Waals surface area contributed by atoms with Gasteiger partial charge in [0.25, 0.3) is 0 Å². The second-order valence-corrected chi connectivity index (χ2v) is 4.88. The zero-order valence-electron chi connectivity index (χ0n) is 11.2. The average Bonchev–Trinajstić information content (AvgIpc) is 3.00. The van der Waals surface area contributed by atoms with E-state index in [1.807, 2.05) is 19.2 Å². The van der Waals surface area contributed by atoms with Crippen LogP contribution in [0.4, 0.5) is 0 Å². The number of furan rings is 1. The molecule has 5 nitrogen and oxygen atoms in total. The van der Waals surface area contributed by atoms with E-state index in [0.717, 1.165) is 32.8 Å². The van der Waals surface area contributed by atoms with Crippen LogP contribution in [0.25, 0.3) is 0 Å². The standard InChI is InChI=1S/C14H19N3O2/c1-2-19-14-9-16(7-12-4-6-18-11-12)8-13-3-5-15-17(13)10-14/h3-6,11,14H,2,7-10H2,1H3. The zero-order chi connectivity index (χ0) is 13.1. The molecule has 1 unspecified atom stereocenters. The highest BCUT2D eigenvalue weighted by molar-refractivity contribution is 5.07. The largest absolute Gasteiger partial charge is 0.472 e. The maximum atomic E-state index is 5.81. The van der Waals surface area contributed by atoms with Crippen molar-refractivity contribution in [3.05, 3.63) is 42.1 Å². The molecule has 0 amide bonds. The molecule has 1 aliphatic heterocycles. The fourth-order valence-corrected chi connectivity index (χ4v) is 2.59. The van der Waals surface area contributed by atoms with Crippen molar-refractivity contribution in [2.24, 2.45) is 0 Å². The van der Waals surface area contributed by atoms with Crippen molar-refractivity contribution in [3.8, 4) is 0 Å². The molecule has 0 radical (unpaired) electrons. The number of aromatic nitrogens is 2. The molecule has 1 aliphatic rings. The third-order valence-corrected chi connectivity index (χ3v) is 3.42. The van der Waals surface area contributed by atoms with Gasteiger partial charge in [-0.2, -0.15) is 5.10 Å². The molecule has 0 bridgehead atoms. The molecule has 3 heterocycles. The molecule has 2 aromatic rings. The van der Waals surface area contributed by atoms with E-state index in [9.17, 15) is 0 Å². The van der Waals surface area contributed by atoms with Crippen LogP contribution in [0.3, 0.4) is 0 Å². The van der Waals surface area contributed by atoms with Crippen LogP contribution >= 0.6 is 0 Å². The van der Waals surface area contributed by atoms with Crippen LogP contribution in [0.1, 0.15) is 18.2 Å². The maximum Gasteiger partial charge on any atom is 0.0947 e. The monoisotopic (exact) mass is 261 g/mol. The van der Waals surface area contributed by atoms with Crippen molar-refractivity contribution in [2.75, 3.05) is 13.2 Å². The van der Waals surface area contributed by atoms with Gasteiger partial charge in [-0.05, 0) is 19.1 Å². The van der Waals surface area contributed by atoms with Crippen LogP contribution in [0.2, 0.25) is 0 Å². The van der Waals surface area contributed by atoms with Gasteiger partial charge in [0.05, 0.1) is 30.9 Å². The molecule has 0 aliphatic carbocycles. The third kappa shape index (κ3) is 2.88. The number of rotatable bonds is 4. The van der Waals surface area contributed by atoms with Crippen molar-refractivity contribution < 1.29 is 9.15 Å². The lowest BCUT2D eigenvalue weighted by molar-refractivity contribution is 0.0251. The molecule has 102 valence electrons. The molecule has 0 spiro atoms. The first-order valence-corrected chi connectivity index (χ1v) is 6.71. The molecule has 0 saturated carbocycles. The number of hydrogen-bond acceptors (Lipinski definition) is 4. The molecule has 3 rings (SSSR count). The van der Waals surface area contributed by atoms with E-state index in [4.69, 9.17) is 9.15 Å². The Hall–Kier alpha value is -1.59. The van der Waals surface area contributed by atoms with E-state index in [2.05, 4.69) is 20.7 Å². The van der Waals surface area contributed by atoms with Gasteiger partial charge in [0, 0.05) is 38.0 Å². The molecule has 0 aromatic carbocycles. The fraction of sp³-hybridized carbons (Fsp3) is 0.500. The minimum atomic E-state index is 0.193. The highest BCUT2D eigenvalue weighted by atomic mass is 16.5. The van der Waals surface area contributed by atoms with Crippen LogP contribution in [0.15, 0.2) is 35.3 Å². The third-order valence-electron chi connectivity index (χ3n) is 3.42. The molecular weight excluding hydrogens is 242 g/mol. The fourth-order valence-electron chi connectivity index (χ4n) is 2.59. The lowest BCUT2D eigenvalue weighted by Gasteiger charge is -2.23. The molecular formula is C14H19N3O2. The van der Waals surface area contributed by atoms with Crippen molar-refractivity contribution in [3.63, 3.8) is 0 Å². The molecule has 2 aromatic heterocycles. The molecule has 5 heteroatoms. The van der Waals surface area contributed by atoms with Gasteiger partial charge < -0.3 is 9.15 Å². The summed E-state index contributed by atoms with van der Waals surface area (Å²) in [6.45, 7) is 6.30. The summed E-state index contributed by atoms with van der Waals surface area (Å²) in [6.07, 6.45) is 5.58. The van der Waals surface area contributed by atoms with Crippen molar-refractivity contribution in [1.82, 2.24) is 14.7 Å². The molecule has 1 atom stereocenters. The number of fused-ring (bicyclic) bond motifs is 1. The van der Waals surface area contributed by atoms with Crippen LogP contribution in [-0.2, 0) is 24.4 Å². The van der Waals surface area contributed by atoms with Gasteiger partial charge in [0.15, 0.2) is 0 Å². The number of ether oxygens (including phenoxy) is 1. The Bertz CT molecular complexity index is 507. The van der Waals surface area contributed by atoms with Crippen molar-refractivity contribution in [2.45, 2.75) is 32.7 Å². The second kappa shape index (κ2) is 5.59. The molecule has 0 N–H and O–H groups in total. The smallest absolute Gasteiger partial charge is 0.0947 e.